The second kappa shape index (κ2) is 7.45. The molecule has 0 fully saturated rings. The Balaban J connectivity index is 1.77. The summed E-state index contributed by atoms with van der Waals surface area (Å²) in [4.78, 5) is 11.9. The Morgan fingerprint density at radius 3 is 2.31 bits per heavy atom. The van der Waals surface area contributed by atoms with Crippen molar-refractivity contribution in [2.75, 3.05) is 0 Å². The van der Waals surface area contributed by atoms with Crippen LogP contribution in [0.5, 0.6) is 0 Å². The largest absolute Gasteiger partial charge is 0.271 e. The lowest BCUT2D eigenvalue weighted by Crippen LogP contribution is -2.17. The van der Waals surface area contributed by atoms with Gasteiger partial charge in [-0.25, -0.2) is 18.9 Å². The van der Waals surface area contributed by atoms with Gasteiger partial charge in [-0.05, 0) is 55.5 Å². The molecule has 2 aromatic carbocycles. The Morgan fingerprint density at radius 1 is 1.12 bits per heavy atom. The highest BCUT2D eigenvalue weighted by molar-refractivity contribution is 6.32. The Bertz CT molecular complexity index is 966. The van der Waals surface area contributed by atoms with Gasteiger partial charge in [0.05, 0.1) is 23.2 Å². The van der Waals surface area contributed by atoms with Gasteiger partial charge in [-0.1, -0.05) is 11.6 Å². The number of aryl methyl sites for hydroxylation is 1. The first kappa shape index (κ1) is 17.8. The van der Waals surface area contributed by atoms with Crippen molar-refractivity contribution in [3.05, 3.63) is 82.1 Å². The molecule has 1 aromatic heterocycles. The monoisotopic (exact) mass is 374 g/mol. The third-order valence-electron chi connectivity index (χ3n) is 3.59. The van der Waals surface area contributed by atoms with Crippen LogP contribution < -0.4 is 5.43 Å². The number of aromatic nitrogens is 2. The molecule has 0 aliphatic heterocycles. The molecule has 0 saturated carbocycles. The molecule has 3 rings (SSSR count). The van der Waals surface area contributed by atoms with E-state index in [1.807, 2.05) is 0 Å². The van der Waals surface area contributed by atoms with Crippen LogP contribution in [0.2, 0.25) is 5.15 Å². The van der Waals surface area contributed by atoms with Crippen LogP contribution in [0.15, 0.2) is 53.6 Å². The Morgan fingerprint density at radius 2 is 1.69 bits per heavy atom. The molecule has 1 N–H and O–H groups in total. The fraction of sp³-hybridized carbons (Fsp3) is 0.0556. The summed E-state index contributed by atoms with van der Waals surface area (Å²) in [5, 5.41) is 8.43. The van der Waals surface area contributed by atoms with Gasteiger partial charge < -0.3 is 0 Å². The van der Waals surface area contributed by atoms with E-state index < -0.39 is 11.7 Å². The van der Waals surface area contributed by atoms with Gasteiger partial charge in [0.1, 0.15) is 16.8 Å². The third kappa shape index (κ3) is 3.78. The molecule has 8 heteroatoms. The molecule has 0 aliphatic carbocycles. The second-order valence-corrected chi connectivity index (χ2v) is 5.74. The summed E-state index contributed by atoms with van der Waals surface area (Å²) in [6.45, 7) is 1.73. The lowest BCUT2D eigenvalue weighted by molar-refractivity contribution is 0.0955. The van der Waals surface area contributed by atoms with E-state index in [0.717, 1.165) is 0 Å². The van der Waals surface area contributed by atoms with Crippen LogP contribution in [-0.4, -0.2) is 21.9 Å². The summed E-state index contributed by atoms with van der Waals surface area (Å²) in [6.07, 6.45) is 1.37. The molecule has 1 heterocycles. The number of benzene rings is 2. The van der Waals surface area contributed by atoms with Crippen molar-refractivity contribution in [3.8, 4) is 5.69 Å². The lowest BCUT2D eigenvalue weighted by Gasteiger charge is -2.02. The van der Waals surface area contributed by atoms with E-state index in [2.05, 4.69) is 15.6 Å². The minimum atomic E-state index is -0.485. The van der Waals surface area contributed by atoms with Crippen LogP contribution in [0.1, 0.15) is 21.6 Å². The van der Waals surface area contributed by atoms with Crippen molar-refractivity contribution in [2.45, 2.75) is 6.92 Å². The molecule has 0 radical (unpaired) electrons. The summed E-state index contributed by atoms with van der Waals surface area (Å²) in [6, 6.07) is 10.8. The van der Waals surface area contributed by atoms with Crippen molar-refractivity contribution >= 4 is 23.7 Å². The van der Waals surface area contributed by atoms with Crippen LogP contribution in [0.25, 0.3) is 5.69 Å². The Kier molecular flexibility index (Phi) is 5.09. The molecule has 0 saturated heterocycles. The standard InChI is InChI=1S/C18H13ClF2N4O/c1-11-16(10-22-23-18(26)12-2-4-13(20)5-3-12)17(19)25(24-11)15-8-6-14(21)7-9-15/h2-10H,1H3,(H,23,26)/b22-10+. The topological polar surface area (TPSA) is 59.3 Å². The fourth-order valence-electron chi connectivity index (χ4n) is 2.23. The zero-order valence-corrected chi connectivity index (χ0v) is 14.3. The third-order valence-corrected chi connectivity index (χ3v) is 3.95. The highest BCUT2D eigenvalue weighted by Gasteiger charge is 2.13. The predicted molar refractivity (Wildman–Crippen MR) is 94.7 cm³/mol. The smallest absolute Gasteiger partial charge is 0.267 e. The number of carbonyl (C=O) groups excluding carboxylic acids is 1. The average Bonchev–Trinajstić information content (AvgIpc) is 2.91. The maximum absolute atomic E-state index is 13.0. The molecule has 0 spiro atoms. The zero-order valence-electron chi connectivity index (χ0n) is 13.6. The number of nitrogens with zero attached hydrogens (tertiary/aromatic N) is 3. The minimum Gasteiger partial charge on any atom is -0.267 e. The average molecular weight is 375 g/mol. The number of hydrogen-bond acceptors (Lipinski definition) is 3. The molecule has 3 aromatic rings. The number of hydrazone groups is 1. The summed E-state index contributed by atoms with van der Waals surface area (Å²) in [5.74, 6) is -1.28. The van der Waals surface area contributed by atoms with Gasteiger partial charge in [-0.3, -0.25) is 4.79 Å². The highest BCUT2D eigenvalue weighted by atomic mass is 35.5. The summed E-state index contributed by atoms with van der Waals surface area (Å²) in [7, 11) is 0. The highest BCUT2D eigenvalue weighted by Crippen LogP contribution is 2.22. The summed E-state index contributed by atoms with van der Waals surface area (Å²) >= 11 is 6.31. The zero-order chi connectivity index (χ0) is 18.7. The molecule has 5 nitrogen and oxygen atoms in total. The molecule has 1 amide bonds. The van der Waals surface area contributed by atoms with E-state index in [0.29, 0.717) is 16.9 Å². The van der Waals surface area contributed by atoms with Crippen molar-refractivity contribution in [1.82, 2.24) is 15.2 Å². The number of hydrogen-bond donors (Lipinski definition) is 1. The first-order valence-electron chi connectivity index (χ1n) is 7.56. The van der Waals surface area contributed by atoms with E-state index >= 15 is 0 Å². The maximum atomic E-state index is 13.0. The quantitative estimate of drug-likeness (QED) is 0.556. The molecule has 0 unspecified atom stereocenters. The number of rotatable bonds is 4. The molecule has 0 atom stereocenters. The minimum absolute atomic E-state index is 0.272. The number of amides is 1. The van der Waals surface area contributed by atoms with Gasteiger partial charge >= 0.3 is 0 Å². The first-order chi connectivity index (χ1) is 12.5. The van der Waals surface area contributed by atoms with E-state index in [1.165, 1.54) is 47.3 Å². The van der Waals surface area contributed by atoms with Crippen LogP contribution in [0, 0.1) is 18.6 Å². The molecule has 26 heavy (non-hydrogen) atoms. The number of nitrogens with one attached hydrogen (secondary N) is 1. The second-order valence-electron chi connectivity index (χ2n) is 5.38. The summed E-state index contributed by atoms with van der Waals surface area (Å²) in [5.41, 5.74) is 4.30. The van der Waals surface area contributed by atoms with Gasteiger partial charge in [-0.15, -0.1) is 0 Å². The Hall–Kier alpha value is -3.06. The van der Waals surface area contributed by atoms with E-state index in [-0.39, 0.29) is 16.5 Å². The van der Waals surface area contributed by atoms with E-state index in [9.17, 15) is 13.6 Å². The number of halogens is 3. The van der Waals surface area contributed by atoms with Gasteiger partial charge in [0, 0.05) is 5.56 Å². The van der Waals surface area contributed by atoms with Gasteiger partial charge in [0.15, 0.2) is 0 Å². The number of carbonyl (C=O) groups is 1. The van der Waals surface area contributed by atoms with Gasteiger partial charge in [0.25, 0.3) is 5.91 Å². The SMILES string of the molecule is Cc1nn(-c2ccc(F)cc2)c(Cl)c1/C=N/NC(=O)c1ccc(F)cc1. The van der Waals surface area contributed by atoms with Gasteiger partial charge in [0.2, 0.25) is 0 Å². The van der Waals surface area contributed by atoms with Crippen LogP contribution >= 0.6 is 11.6 Å². The van der Waals surface area contributed by atoms with Crippen LogP contribution in [-0.2, 0) is 0 Å². The molecular weight excluding hydrogens is 362 g/mol. The van der Waals surface area contributed by atoms with Crippen molar-refractivity contribution < 1.29 is 13.6 Å². The fourth-order valence-corrected chi connectivity index (χ4v) is 2.55. The van der Waals surface area contributed by atoms with Crippen molar-refractivity contribution in [3.63, 3.8) is 0 Å². The molecule has 132 valence electrons. The maximum Gasteiger partial charge on any atom is 0.271 e. The normalized spacial score (nSPS) is 11.1. The van der Waals surface area contributed by atoms with E-state index in [4.69, 9.17) is 11.6 Å². The van der Waals surface area contributed by atoms with Crippen molar-refractivity contribution in [2.24, 2.45) is 5.10 Å². The van der Waals surface area contributed by atoms with Crippen molar-refractivity contribution in [1.29, 1.82) is 0 Å². The predicted octanol–water partition coefficient (Wildman–Crippen LogP) is 3.88. The van der Waals surface area contributed by atoms with E-state index in [1.54, 1.807) is 19.1 Å². The van der Waals surface area contributed by atoms with Gasteiger partial charge in [-0.2, -0.15) is 10.2 Å². The van der Waals surface area contributed by atoms with Crippen LogP contribution in [0.4, 0.5) is 8.78 Å². The van der Waals surface area contributed by atoms with Crippen LogP contribution in [0.3, 0.4) is 0 Å². The molecule has 0 aliphatic rings. The Labute approximate surface area is 152 Å². The lowest BCUT2D eigenvalue weighted by atomic mass is 10.2. The first-order valence-corrected chi connectivity index (χ1v) is 7.93. The molecule has 0 bridgehead atoms. The molecular formula is C18H13ClF2N4O. The summed E-state index contributed by atoms with van der Waals surface area (Å²) < 4.78 is 27.4.